The molecule has 0 spiro atoms. The number of esters is 1. The van der Waals surface area contributed by atoms with Gasteiger partial charge in [-0.3, -0.25) is 19.7 Å². The third-order valence-electron chi connectivity index (χ3n) is 4.44. The number of nitrogens with one attached hydrogen (secondary N) is 1. The van der Waals surface area contributed by atoms with Crippen molar-refractivity contribution in [2.45, 2.75) is 33.0 Å². The van der Waals surface area contributed by atoms with Gasteiger partial charge in [-0.25, -0.2) is 0 Å². The third kappa shape index (κ3) is 7.87. The highest BCUT2D eigenvalue weighted by Gasteiger charge is 2.23. The van der Waals surface area contributed by atoms with Crippen molar-refractivity contribution in [3.63, 3.8) is 0 Å². The zero-order chi connectivity index (χ0) is 25.1. The maximum atomic E-state index is 12.5. The lowest BCUT2D eigenvalue weighted by molar-refractivity contribution is -0.386. The number of rotatable bonds is 13. The fourth-order valence-corrected chi connectivity index (χ4v) is 2.73. The fraction of sp³-hybridized carbons (Fsp3) is 0.364. The lowest BCUT2D eigenvalue weighted by Crippen LogP contribution is -2.30. The van der Waals surface area contributed by atoms with Crippen LogP contribution in [-0.4, -0.2) is 43.7 Å². The molecule has 0 saturated carbocycles. The molecule has 0 radical (unpaired) electrons. The van der Waals surface area contributed by atoms with E-state index in [9.17, 15) is 28.5 Å². The van der Waals surface area contributed by atoms with Crippen LogP contribution in [0, 0.1) is 10.1 Å². The Hall–Kier alpha value is -3.96. The van der Waals surface area contributed by atoms with Gasteiger partial charge >= 0.3 is 12.6 Å². The first-order valence-corrected chi connectivity index (χ1v) is 10.2. The van der Waals surface area contributed by atoms with Crippen LogP contribution in [0.25, 0.3) is 0 Å². The average Bonchev–Trinajstić information content (AvgIpc) is 2.81. The number of unbranched alkanes of at least 4 members (excludes halogenated alkanes) is 1. The molecule has 10 nitrogen and oxygen atoms in total. The standard InChI is InChI=1S/C22H24F2N2O8/c1-3-4-9-32-16-7-5-14(6-8-16)21(28)25-12-20(27)33-13-15-10-18(31-2)19(34-22(23)24)11-17(15)26(29)30/h5-8,10-11,22H,3-4,9,12-13H2,1-2H3,(H,25,28). The van der Waals surface area contributed by atoms with Crippen LogP contribution in [0.1, 0.15) is 35.7 Å². The summed E-state index contributed by atoms with van der Waals surface area (Å²) in [4.78, 5) is 34.7. The van der Waals surface area contributed by atoms with Gasteiger partial charge in [0.15, 0.2) is 11.5 Å². The van der Waals surface area contributed by atoms with Crippen molar-refractivity contribution in [1.29, 1.82) is 0 Å². The molecular weight excluding hydrogens is 458 g/mol. The Balaban J connectivity index is 1.94. The lowest BCUT2D eigenvalue weighted by Gasteiger charge is -2.12. The van der Waals surface area contributed by atoms with E-state index in [1.165, 1.54) is 0 Å². The van der Waals surface area contributed by atoms with Crippen molar-refractivity contribution in [3.05, 3.63) is 57.6 Å². The summed E-state index contributed by atoms with van der Waals surface area (Å²) in [5.41, 5.74) is -0.415. The predicted octanol–water partition coefficient (Wildman–Crippen LogP) is 3.86. The van der Waals surface area contributed by atoms with Crippen LogP contribution >= 0.6 is 0 Å². The minimum absolute atomic E-state index is 0.109. The van der Waals surface area contributed by atoms with E-state index in [4.69, 9.17) is 14.2 Å². The maximum Gasteiger partial charge on any atom is 0.387 e. The van der Waals surface area contributed by atoms with Crippen LogP contribution in [0.4, 0.5) is 14.5 Å². The first kappa shape index (κ1) is 26.3. The molecule has 34 heavy (non-hydrogen) atoms. The minimum atomic E-state index is -3.22. The highest BCUT2D eigenvalue weighted by atomic mass is 19.3. The summed E-state index contributed by atoms with van der Waals surface area (Å²) in [5, 5.41) is 13.7. The van der Waals surface area contributed by atoms with Crippen LogP contribution in [0.3, 0.4) is 0 Å². The Kier molecular flexibility index (Phi) is 9.99. The first-order valence-electron chi connectivity index (χ1n) is 10.2. The van der Waals surface area contributed by atoms with E-state index in [1.54, 1.807) is 24.3 Å². The number of carbonyl (C=O) groups excluding carboxylic acids is 2. The molecule has 1 amide bonds. The SMILES string of the molecule is CCCCOc1ccc(C(=O)NCC(=O)OCc2cc(OC)c(OC(F)F)cc2[N+](=O)[O-])cc1. The van der Waals surface area contributed by atoms with Gasteiger partial charge in [0.25, 0.3) is 11.6 Å². The summed E-state index contributed by atoms with van der Waals surface area (Å²) in [6.07, 6.45) is 1.91. The molecule has 0 heterocycles. The topological polar surface area (TPSA) is 126 Å². The number of carbonyl (C=O) groups is 2. The van der Waals surface area contributed by atoms with Gasteiger partial charge in [-0.05, 0) is 36.8 Å². The summed E-state index contributed by atoms with van der Waals surface area (Å²) in [5.74, 6) is -1.51. The van der Waals surface area contributed by atoms with E-state index in [0.29, 0.717) is 17.9 Å². The molecule has 2 rings (SSSR count). The van der Waals surface area contributed by atoms with E-state index in [1.807, 2.05) is 6.92 Å². The van der Waals surface area contributed by atoms with Gasteiger partial charge in [0, 0.05) is 5.56 Å². The molecule has 0 aliphatic heterocycles. The predicted molar refractivity (Wildman–Crippen MR) is 115 cm³/mol. The number of hydrogen-bond donors (Lipinski definition) is 1. The number of halogens is 2. The van der Waals surface area contributed by atoms with E-state index in [-0.39, 0.29) is 11.3 Å². The normalized spacial score (nSPS) is 10.5. The molecule has 0 fully saturated rings. The summed E-state index contributed by atoms with van der Waals surface area (Å²) in [6, 6.07) is 8.17. The molecule has 1 N–H and O–H groups in total. The summed E-state index contributed by atoms with van der Waals surface area (Å²) >= 11 is 0. The molecule has 0 aromatic heterocycles. The summed E-state index contributed by atoms with van der Waals surface area (Å²) in [6.45, 7) is -1.66. The van der Waals surface area contributed by atoms with Gasteiger partial charge in [-0.1, -0.05) is 13.3 Å². The van der Waals surface area contributed by atoms with E-state index >= 15 is 0 Å². The number of ether oxygens (including phenoxy) is 4. The number of benzene rings is 2. The maximum absolute atomic E-state index is 12.5. The van der Waals surface area contributed by atoms with E-state index in [2.05, 4.69) is 10.1 Å². The molecule has 2 aromatic carbocycles. The molecule has 2 aromatic rings. The molecule has 184 valence electrons. The highest BCUT2D eigenvalue weighted by Crippen LogP contribution is 2.36. The van der Waals surface area contributed by atoms with Crippen LogP contribution < -0.4 is 19.5 Å². The minimum Gasteiger partial charge on any atom is -0.494 e. The number of alkyl halides is 2. The summed E-state index contributed by atoms with van der Waals surface area (Å²) in [7, 11) is 1.16. The van der Waals surface area contributed by atoms with Crippen molar-refractivity contribution < 1.29 is 42.2 Å². The van der Waals surface area contributed by atoms with Crippen molar-refractivity contribution >= 4 is 17.6 Å². The largest absolute Gasteiger partial charge is 0.494 e. The molecule has 0 aliphatic carbocycles. The zero-order valence-corrected chi connectivity index (χ0v) is 18.5. The van der Waals surface area contributed by atoms with Gasteiger partial charge in [0.2, 0.25) is 0 Å². The van der Waals surface area contributed by atoms with Crippen molar-refractivity contribution in [2.75, 3.05) is 20.3 Å². The smallest absolute Gasteiger partial charge is 0.387 e. The Morgan fingerprint density at radius 2 is 1.85 bits per heavy atom. The molecule has 0 unspecified atom stereocenters. The van der Waals surface area contributed by atoms with Crippen LogP contribution in [0.5, 0.6) is 17.2 Å². The van der Waals surface area contributed by atoms with Gasteiger partial charge in [-0.2, -0.15) is 8.78 Å². The van der Waals surface area contributed by atoms with Crippen LogP contribution in [-0.2, 0) is 16.1 Å². The number of nitro groups is 1. The Labute approximate surface area is 193 Å². The quantitative estimate of drug-likeness (QED) is 0.197. The number of methoxy groups -OCH3 is 1. The number of nitrogens with zero attached hydrogens (tertiary/aromatic N) is 1. The monoisotopic (exact) mass is 482 g/mol. The molecule has 0 bridgehead atoms. The van der Waals surface area contributed by atoms with Gasteiger partial charge in [0.1, 0.15) is 18.9 Å². The fourth-order valence-electron chi connectivity index (χ4n) is 2.73. The number of hydrogen-bond acceptors (Lipinski definition) is 8. The second kappa shape index (κ2) is 12.9. The van der Waals surface area contributed by atoms with Crippen molar-refractivity contribution in [1.82, 2.24) is 5.32 Å². The first-order chi connectivity index (χ1) is 16.2. The van der Waals surface area contributed by atoms with E-state index in [0.717, 1.165) is 32.1 Å². The zero-order valence-electron chi connectivity index (χ0n) is 18.5. The Bertz CT molecular complexity index is 999. The van der Waals surface area contributed by atoms with Crippen molar-refractivity contribution in [3.8, 4) is 17.2 Å². The molecule has 0 aliphatic rings. The molecule has 12 heteroatoms. The molecule has 0 saturated heterocycles. The average molecular weight is 482 g/mol. The van der Waals surface area contributed by atoms with Gasteiger partial charge < -0.3 is 24.3 Å². The number of amides is 1. The molecule has 0 atom stereocenters. The van der Waals surface area contributed by atoms with Gasteiger partial charge in [-0.15, -0.1) is 0 Å². The number of nitro benzene ring substituents is 1. The third-order valence-corrected chi connectivity index (χ3v) is 4.44. The Morgan fingerprint density at radius 3 is 2.44 bits per heavy atom. The Morgan fingerprint density at radius 1 is 1.15 bits per heavy atom. The summed E-state index contributed by atoms with van der Waals surface area (Å²) < 4.78 is 44.7. The second-order valence-electron chi connectivity index (χ2n) is 6.84. The van der Waals surface area contributed by atoms with Gasteiger partial charge in [0.05, 0.1) is 30.3 Å². The lowest BCUT2D eigenvalue weighted by atomic mass is 10.1. The second-order valence-corrected chi connectivity index (χ2v) is 6.84. The van der Waals surface area contributed by atoms with Crippen molar-refractivity contribution in [2.24, 2.45) is 0 Å². The van der Waals surface area contributed by atoms with Crippen LogP contribution in [0.2, 0.25) is 0 Å². The van der Waals surface area contributed by atoms with E-state index < -0.39 is 48.0 Å². The highest BCUT2D eigenvalue weighted by molar-refractivity contribution is 5.96. The van der Waals surface area contributed by atoms with Crippen LogP contribution in [0.15, 0.2) is 36.4 Å². The molecular formula is C22H24F2N2O8.